The van der Waals surface area contributed by atoms with Gasteiger partial charge in [0.25, 0.3) is 0 Å². The van der Waals surface area contributed by atoms with Gasteiger partial charge in [0.15, 0.2) is 0 Å². The maximum Gasteiger partial charge on any atom is 0.0785 e. The largest absolute Gasteiger partial charge is 0.394 e. The van der Waals surface area contributed by atoms with Gasteiger partial charge in [-0.15, -0.1) is 0 Å². The average Bonchev–Trinajstić information content (AvgIpc) is 2.62. The highest BCUT2D eigenvalue weighted by Crippen LogP contribution is 2.33. The van der Waals surface area contributed by atoms with Crippen LogP contribution in [0.1, 0.15) is 19.3 Å². The van der Waals surface area contributed by atoms with Gasteiger partial charge in [-0.3, -0.25) is 4.98 Å². The van der Waals surface area contributed by atoms with Crippen LogP contribution in [0.25, 0.3) is 10.8 Å². The van der Waals surface area contributed by atoms with Gasteiger partial charge in [0.2, 0.25) is 0 Å². The molecule has 1 aliphatic rings. The maximum absolute atomic E-state index is 9.56. The zero-order chi connectivity index (χ0) is 16.9. The summed E-state index contributed by atoms with van der Waals surface area (Å²) in [6.07, 6.45) is 5.57. The highest BCUT2D eigenvalue weighted by molar-refractivity contribution is 7.97. The molecule has 0 spiro atoms. The molecule has 1 aromatic heterocycles. The van der Waals surface area contributed by atoms with Crippen molar-refractivity contribution in [3.63, 3.8) is 0 Å². The van der Waals surface area contributed by atoms with Crippen LogP contribution in [0.4, 0.5) is 0 Å². The Hall–Kier alpha value is -1.18. The number of pyridine rings is 1. The van der Waals surface area contributed by atoms with Crippen LogP contribution < -0.4 is 5.73 Å². The molecule has 1 aromatic carbocycles. The van der Waals surface area contributed by atoms with Gasteiger partial charge in [-0.2, -0.15) is 0 Å². The fraction of sp³-hybridized carbons (Fsp3) is 0.500. The van der Waals surface area contributed by atoms with E-state index in [9.17, 15) is 5.11 Å². The van der Waals surface area contributed by atoms with Gasteiger partial charge in [0.05, 0.1) is 12.7 Å². The van der Waals surface area contributed by atoms with E-state index in [0.29, 0.717) is 12.3 Å². The third-order valence-corrected chi connectivity index (χ3v) is 5.90. The minimum Gasteiger partial charge on any atom is -0.394 e. The van der Waals surface area contributed by atoms with E-state index in [4.69, 9.17) is 10.8 Å². The molecule has 2 atom stereocenters. The van der Waals surface area contributed by atoms with Gasteiger partial charge in [-0.25, -0.2) is 4.31 Å². The number of hydrogen-bond donors (Lipinski definition) is 3. The van der Waals surface area contributed by atoms with E-state index in [1.165, 1.54) is 10.3 Å². The van der Waals surface area contributed by atoms with Crippen LogP contribution in [-0.4, -0.2) is 51.3 Å². The second kappa shape index (κ2) is 8.27. The summed E-state index contributed by atoms with van der Waals surface area (Å²) in [5, 5.41) is 20.9. The first kappa shape index (κ1) is 17.6. The van der Waals surface area contributed by atoms with Crippen LogP contribution in [0.15, 0.2) is 41.6 Å². The fourth-order valence-corrected chi connectivity index (χ4v) is 4.38. The molecule has 6 heteroatoms. The van der Waals surface area contributed by atoms with Crippen molar-refractivity contribution in [3.05, 3.63) is 36.7 Å². The smallest absolute Gasteiger partial charge is 0.0785 e. The van der Waals surface area contributed by atoms with Crippen molar-refractivity contribution in [2.45, 2.75) is 36.3 Å². The SMILES string of the molecule is NC(CC(O)CO)C1CCN(Sc2cccc3cnccc23)CC1. The Kier molecular flexibility index (Phi) is 6.08. The summed E-state index contributed by atoms with van der Waals surface area (Å²) in [6, 6.07) is 8.34. The van der Waals surface area contributed by atoms with Gasteiger partial charge in [-0.1, -0.05) is 12.1 Å². The van der Waals surface area contributed by atoms with Crippen molar-refractivity contribution in [2.75, 3.05) is 19.7 Å². The zero-order valence-corrected chi connectivity index (χ0v) is 14.5. The summed E-state index contributed by atoms with van der Waals surface area (Å²) in [5.41, 5.74) is 6.19. The van der Waals surface area contributed by atoms with Crippen molar-refractivity contribution in [1.29, 1.82) is 0 Å². The number of nitrogens with two attached hydrogens (primary N) is 1. The number of aromatic nitrogens is 1. The molecule has 1 fully saturated rings. The number of aliphatic hydroxyl groups is 2. The lowest BCUT2D eigenvalue weighted by atomic mass is 9.88. The van der Waals surface area contributed by atoms with E-state index >= 15 is 0 Å². The predicted octanol–water partition coefficient (Wildman–Crippen LogP) is 2.02. The Labute approximate surface area is 147 Å². The number of hydrogen-bond acceptors (Lipinski definition) is 6. The molecule has 3 rings (SSSR count). The summed E-state index contributed by atoms with van der Waals surface area (Å²) >= 11 is 1.80. The number of benzene rings is 1. The molecule has 2 aromatic rings. The van der Waals surface area contributed by atoms with E-state index in [0.717, 1.165) is 31.3 Å². The highest BCUT2D eigenvalue weighted by Gasteiger charge is 2.26. The lowest BCUT2D eigenvalue weighted by molar-refractivity contribution is 0.0731. The second-order valence-corrected chi connectivity index (χ2v) is 7.59. The van der Waals surface area contributed by atoms with E-state index < -0.39 is 6.10 Å². The fourth-order valence-electron chi connectivity index (χ4n) is 3.29. The molecule has 1 aliphatic heterocycles. The molecule has 1 saturated heterocycles. The van der Waals surface area contributed by atoms with Crippen LogP contribution in [0.5, 0.6) is 0 Å². The van der Waals surface area contributed by atoms with E-state index in [2.05, 4.69) is 33.6 Å². The minimum atomic E-state index is -0.698. The van der Waals surface area contributed by atoms with Crippen molar-refractivity contribution in [1.82, 2.24) is 9.29 Å². The van der Waals surface area contributed by atoms with Gasteiger partial charge >= 0.3 is 0 Å². The average molecular weight is 347 g/mol. The Balaban J connectivity index is 1.57. The molecule has 24 heavy (non-hydrogen) atoms. The summed E-state index contributed by atoms with van der Waals surface area (Å²) in [5.74, 6) is 0.416. The van der Waals surface area contributed by atoms with E-state index in [-0.39, 0.29) is 12.6 Å². The summed E-state index contributed by atoms with van der Waals surface area (Å²) in [4.78, 5) is 5.44. The van der Waals surface area contributed by atoms with Crippen LogP contribution in [0.2, 0.25) is 0 Å². The standard InChI is InChI=1S/C18H25N3O2S/c19-17(10-15(23)12-22)13-5-8-21(9-6-13)24-18-3-1-2-14-11-20-7-4-16(14)18/h1-4,7,11,13,15,17,22-23H,5-6,8-10,12,19H2. The van der Waals surface area contributed by atoms with Gasteiger partial charge in [0.1, 0.15) is 0 Å². The highest BCUT2D eigenvalue weighted by atomic mass is 32.2. The van der Waals surface area contributed by atoms with Crippen molar-refractivity contribution in [3.8, 4) is 0 Å². The lowest BCUT2D eigenvalue weighted by Crippen LogP contribution is -2.40. The Morgan fingerprint density at radius 2 is 2.08 bits per heavy atom. The van der Waals surface area contributed by atoms with E-state index in [1.54, 1.807) is 11.9 Å². The molecule has 0 aliphatic carbocycles. The summed E-state index contributed by atoms with van der Waals surface area (Å²) in [6.45, 7) is 1.76. The molecular weight excluding hydrogens is 322 g/mol. The Bertz CT molecular complexity index is 656. The summed E-state index contributed by atoms with van der Waals surface area (Å²) < 4.78 is 2.39. The first-order valence-corrected chi connectivity index (χ1v) is 9.25. The molecule has 5 nitrogen and oxygen atoms in total. The molecule has 0 radical (unpaired) electrons. The number of aliphatic hydroxyl groups excluding tert-OH is 2. The van der Waals surface area contributed by atoms with Crippen molar-refractivity contribution in [2.24, 2.45) is 11.7 Å². The van der Waals surface area contributed by atoms with Crippen molar-refractivity contribution >= 4 is 22.7 Å². The maximum atomic E-state index is 9.56. The zero-order valence-electron chi connectivity index (χ0n) is 13.7. The molecule has 0 saturated carbocycles. The molecule has 2 heterocycles. The topological polar surface area (TPSA) is 82.6 Å². The normalized spacial score (nSPS) is 19.5. The molecule has 0 bridgehead atoms. The lowest BCUT2D eigenvalue weighted by Gasteiger charge is -2.34. The molecule has 130 valence electrons. The van der Waals surface area contributed by atoms with Crippen LogP contribution in [0.3, 0.4) is 0 Å². The first-order valence-electron chi connectivity index (χ1n) is 8.47. The quantitative estimate of drug-likeness (QED) is 0.694. The number of rotatable bonds is 6. The first-order chi connectivity index (χ1) is 11.7. The van der Waals surface area contributed by atoms with Gasteiger partial charge in [-0.05, 0) is 54.6 Å². The third-order valence-electron chi connectivity index (χ3n) is 4.73. The second-order valence-electron chi connectivity index (χ2n) is 6.45. The predicted molar refractivity (Wildman–Crippen MR) is 97.6 cm³/mol. The van der Waals surface area contributed by atoms with Crippen LogP contribution in [-0.2, 0) is 0 Å². The van der Waals surface area contributed by atoms with Crippen molar-refractivity contribution < 1.29 is 10.2 Å². The minimum absolute atomic E-state index is 0.0390. The Morgan fingerprint density at radius 3 is 2.83 bits per heavy atom. The van der Waals surface area contributed by atoms with Gasteiger partial charge < -0.3 is 15.9 Å². The summed E-state index contributed by atoms with van der Waals surface area (Å²) in [7, 11) is 0. The molecule has 4 N–H and O–H groups in total. The molecule has 0 amide bonds. The van der Waals surface area contributed by atoms with E-state index in [1.807, 2.05) is 12.4 Å². The van der Waals surface area contributed by atoms with Gasteiger partial charge in [0, 0.05) is 41.8 Å². The Morgan fingerprint density at radius 1 is 1.29 bits per heavy atom. The number of nitrogens with zero attached hydrogens (tertiary/aromatic N) is 2. The molecular formula is C18H25N3O2S. The third kappa shape index (κ3) is 4.26. The monoisotopic (exact) mass is 347 g/mol. The van der Waals surface area contributed by atoms with Crippen LogP contribution >= 0.6 is 11.9 Å². The number of fused-ring (bicyclic) bond motifs is 1. The van der Waals surface area contributed by atoms with Crippen LogP contribution in [0, 0.1) is 5.92 Å². The molecule has 2 unspecified atom stereocenters. The number of piperidine rings is 1.